The van der Waals surface area contributed by atoms with E-state index in [4.69, 9.17) is 13.9 Å². The van der Waals surface area contributed by atoms with Crippen molar-refractivity contribution in [3.8, 4) is 23.0 Å². The summed E-state index contributed by atoms with van der Waals surface area (Å²) in [6.07, 6.45) is 0. The number of nitrogens with one attached hydrogen (secondary N) is 2. The summed E-state index contributed by atoms with van der Waals surface area (Å²) in [5, 5.41) is 12.9. The number of carbonyl (C=O) groups excluding carboxylic acids is 2. The van der Waals surface area contributed by atoms with Crippen LogP contribution in [0, 0.1) is 5.92 Å². The maximum absolute atomic E-state index is 11.8. The van der Waals surface area contributed by atoms with Gasteiger partial charge in [-0.15, -0.1) is 10.2 Å². The number of nitrogens with zero attached hydrogens (tertiary/aromatic N) is 2. The van der Waals surface area contributed by atoms with E-state index in [1.165, 1.54) is 7.11 Å². The minimum Gasteiger partial charge on any atom is -0.497 e. The highest BCUT2D eigenvalue weighted by atomic mass is 32.2. The van der Waals surface area contributed by atoms with Crippen molar-refractivity contribution in [2.75, 3.05) is 26.5 Å². The van der Waals surface area contributed by atoms with Gasteiger partial charge >= 0.3 is 6.03 Å². The van der Waals surface area contributed by atoms with Crippen molar-refractivity contribution in [1.82, 2.24) is 20.8 Å². The highest BCUT2D eigenvalue weighted by Crippen LogP contribution is 2.33. The smallest absolute Gasteiger partial charge is 0.321 e. The SMILES string of the molecule is COc1ccc(-c2nnc(SCC(=O)NC(=O)NCC(C)C)o2)c(OC)c1. The number of hydrogen-bond acceptors (Lipinski definition) is 8. The maximum Gasteiger partial charge on any atom is 0.321 e. The first-order chi connectivity index (χ1) is 12.9. The number of benzene rings is 1. The molecule has 0 unspecified atom stereocenters. The van der Waals surface area contributed by atoms with Crippen molar-refractivity contribution >= 4 is 23.7 Å². The Morgan fingerprint density at radius 3 is 2.67 bits per heavy atom. The average molecular weight is 394 g/mol. The Kier molecular flexibility index (Phi) is 7.47. The van der Waals surface area contributed by atoms with Gasteiger partial charge < -0.3 is 19.2 Å². The molecule has 2 aromatic rings. The predicted octanol–water partition coefficient (Wildman–Crippen LogP) is 2.33. The van der Waals surface area contributed by atoms with Crippen molar-refractivity contribution in [2.45, 2.75) is 19.1 Å². The molecule has 146 valence electrons. The molecule has 0 bridgehead atoms. The van der Waals surface area contributed by atoms with Crippen LogP contribution in [0.1, 0.15) is 13.8 Å². The Bertz CT molecular complexity index is 793. The molecule has 0 saturated carbocycles. The Balaban J connectivity index is 1.93. The molecule has 1 heterocycles. The zero-order valence-corrected chi connectivity index (χ0v) is 16.4. The van der Waals surface area contributed by atoms with Crippen LogP contribution in [-0.4, -0.2) is 48.7 Å². The van der Waals surface area contributed by atoms with E-state index in [-0.39, 0.29) is 16.9 Å². The maximum atomic E-state index is 11.8. The van der Waals surface area contributed by atoms with Gasteiger partial charge in [-0.25, -0.2) is 4.79 Å². The van der Waals surface area contributed by atoms with Crippen molar-refractivity contribution in [3.05, 3.63) is 18.2 Å². The number of rotatable bonds is 8. The van der Waals surface area contributed by atoms with Crippen LogP contribution in [0.2, 0.25) is 0 Å². The van der Waals surface area contributed by atoms with E-state index in [0.717, 1.165) is 11.8 Å². The first-order valence-electron chi connectivity index (χ1n) is 8.19. The molecular formula is C17H22N4O5S. The van der Waals surface area contributed by atoms with E-state index < -0.39 is 11.9 Å². The molecule has 0 aliphatic rings. The molecule has 9 nitrogen and oxygen atoms in total. The van der Waals surface area contributed by atoms with Gasteiger partial charge in [-0.2, -0.15) is 0 Å². The van der Waals surface area contributed by atoms with E-state index in [1.54, 1.807) is 25.3 Å². The van der Waals surface area contributed by atoms with Crippen LogP contribution < -0.4 is 20.1 Å². The summed E-state index contributed by atoms with van der Waals surface area (Å²) < 4.78 is 16.0. The standard InChI is InChI=1S/C17H22N4O5S/c1-10(2)8-18-16(23)19-14(22)9-27-17-21-20-15(26-17)12-6-5-11(24-3)7-13(12)25-4/h5-7,10H,8-9H2,1-4H3,(H2,18,19,22,23). The summed E-state index contributed by atoms with van der Waals surface area (Å²) in [4.78, 5) is 23.4. The molecule has 1 aromatic carbocycles. The van der Waals surface area contributed by atoms with Crippen LogP contribution >= 0.6 is 11.8 Å². The number of ether oxygens (including phenoxy) is 2. The largest absolute Gasteiger partial charge is 0.497 e. The van der Waals surface area contributed by atoms with Gasteiger partial charge in [0.1, 0.15) is 11.5 Å². The fraction of sp³-hybridized carbons (Fsp3) is 0.412. The number of amides is 3. The summed E-state index contributed by atoms with van der Waals surface area (Å²) in [6.45, 7) is 4.41. The van der Waals surface area contributed by atoms with Gasteiger partial charge in [0, 0.05) is 12.6 Å². The molecule has 10 heteroatoms. The van der Waals surface area contributed by atoms with Crippen LogP contribution in [0.4, 0.5) is 4.79 Å². The lowest BCUT2D eigenvalue weighted by molar-refractivity contribution is -0.117. The Morgan fingerprint density at radius 2 is 2.00 bits per heavy atom. The number of imide groups is 1. The van der Waals surface area contributed by atoms with E-state index in [9.17, 15) is 9.59 Å². The van der Waals surface area contributed by atoms with Gasteiger partial charge in [0.05, 0.1) is 25.5 Å². The molecule has 0 aliphatic heterocycles. The van der Waals surface area contributed by atoms with Gasteiger partial charge in [0.2, 0.25) is 5.91 Å². The second-order valence-corrected chi connectivity index (χ2v) is 6.81. The normalized spacial score (nSPS) is 10.6. The second-order valence-electron chi connectivity index (χ2n) is 5.88. The quantitative estimate of drug-likeness (QED) is 0.656. The zero-order chi connectivity index (χ0) is 19.8. The molecule has 0 aliphatic carbocycles. The molecule has 0 saturated heterocycles. The average Bonchev–Trinajstić information content (AvgIpc) is 3.13. The van der Waals surface area contributed by atoms with Crippen LogP contribution in [0.15, 0.2) is 27.8 Å². The van der Waals surface area contributed by atoms with Crippen molar-refractivity contribution < 1.29 is 23.5 Å². The topological polar surface area (TPSA) is 116 Å². The third-order valence-electron chi connectivity index (χ3n) is 3.30. The van der Waals surface area contributed by atoms with Crippen molar-refractivity contribution in [2.24, 2.45) is 5.92 Å². The fourth-order valence-electron chi connectivity index (χ4n) is 1.98. The predicted molar refractivity (Wildman–Crippen MR) is 99.9 cm³/mol. The minimum absolute atomic E-state index is 0.0313. The zero-order valence-electron chi connectivity index (χ0n) is 15.6. The molecule has 1 aromatic heterocycles. The van der Waals surface area contributed by atoms with Gasteiger partial charge in [-0.1, -0.05) is 25.6 Å². The van der Waals surface area contributed by atoms with Crippen molar-refractivity contribution in [3.63, 3.8) is 0 Å². The summed E-state index contributed by atoms with van der Waals surface area (Å²) in [5.41, 5.74) is 0.607. The Hall–Kier alpha value is -2.75. The number of urea groups is 1. The first-order valence-corrected chi connectivity index (χ1v) is 9.17. The lowest BCUT2D eigenvalue weighted by Crippen LogP contribution is -2.41. The summed E-state index contributed by atoms with van der Waals surface area (Å²) >= 11 is 1.03. The third-order valence-corrected chi connectivity index (χ3v) is 4.11. The van der Waals surface area contributed by atoms with Gasteiger partial charge in [0.15, 0.2) is 0 Å². The summed E-state index contributed by atoms with van der Waals surface area (Å²) in [6, 6.07) is 4.67. The molecule has 0 fully saturated rings. The molecule has 0 radical (unpaired) electrons. The molecular weight excluding hydrogens is 372 g/mol. The summed E-state index contributed by atoms with van der Waals surface area (Å²) in [7, 11) is 3.09. The molecule has 0 atom stereocenters. The van der Waals surface area contributed by atoms with Gasteiger partial charge in [0.25, 0.3) is 11.1 Å². The van der Waals surface area contributed by atoms with Gasteiger partial charge in [-0.3, -0.25) is 10.1 Å². The number of carbonyl (C=O) groups is 2. The summed E-state index contributed by atoms with van der Waals surface area (Å²) in [5.74, 6) is 1.23. The van der Waals surface area contributed by atoms with E-state index in [1.807, 2.05) is 13.8 Å². The molecule has 27 heavy (non-hydrogen) atoms. The molecule has 2 rings (SSSR count). The van der Waals surface area contributed by atoms with E-state index in [0.29, 0.717) is 29.5 Å². The number of aromatic nitrogens is 2. The van der Waals surface area contributed by atoms with Gasteiger partial charge in [-0.05, 0) is 18.1 Å². The lowest BCUT2D eigenvalue weighted by atomic mass is 10.2. The minimum atomic E-state index is -0.525. The Morgan fingerprint density at radius 1 is 1.22 bits per heavy atom. The molecule has 3 amide bonds. The number of thioether (sulfide) groups is 1. The van der Waals surface area contributed by atoms with Crippen LogP contribution in [-0.2, 0) is 4.79 Å². The van der Waals surface area contributed by atoms with E-state index in [2.05, 4.69) is 20.8 Å². The first kappa shape index (κ1) is 20.6. The monoisotopic (exact) mass is 394 g/mol. The van der Waals surface area contributed by atoms with Crippen LogP contribution in [0.5, 0.6) is 11.5 Å². The van der Waals surface area contributed by atoms with Crippen molar-refractivity contribution in [1.29, 1.82) is 0 Å². The third kappa shape index (κ3) is 6.17. The number of hydrogen-bond donors (Lipinski definition) is 2. The fourth-order valence-corrected chi connectivity index (χ4v) is 2.55. The highest BCUT2D eigenvalue weighted by Gasteiger charge is 2.16. The van der Waals surface area contributed by atoms with E-state index >= 15 is 0 Å². The second kappa shape index (κ2) is 9.81. The lowest BCUT2D eigenvalue weighted by Gasteiger charge is -2.08. The molecule has 2 N–H and O–H groups in total. The molecule has 0 spiro atoms. The Labute approximate surface area is 161 Å². The highest BCUT2D eigenvalue weighted by molar-refractivity contribution is 7.99. The van der Waals surface area contributed by atoms with Crippen LogP contribution in [0.25, 0.3) is 11.5 Å². The number of methoxy groups -OCH3 is 2. The van der Waals surface area contributed by atoms with Crippen LogP contribution in [0.3, 0.4) is 0 Å².